The van der Waals surface area contributed by atoms with Crippen LogP contribution in [0.1, 0.15) is 16.7 Å². The Morgan fingerprint density at radius 1 is 0.907 bits per heavy atom. The van der Waals surface area contributed by atoms with Crippen LogP contribution in [-0.2, 0) is 32.6 Å². The molecule has 2 amide bonds. The van der Waals surface area contributed by atoms with Crippen molar-refractivity contribution in [1.82, 2.24) is 10.2 Å². The van der Waals surface area contributed by atoms with E-state index in [1.165, 1.54) is 49.4 Å². The van der Waals surface area contributed by atoms with Gasteiger partial charge in [0.2, 0.25) is 11.8 Å². The number of nitrogens with zero attached hydrogens (tertiary/aromatic N) is 2. The van der Waals surface area contributed by atoms with E-state index < -0.39 is 28.5 Å². The average Bonchev–Trinajstić information content (AvgIpc) is 3.02. The SMILES string of the molecule is CNC(=O)[C@@H](Cc1ccccc1)N(Cc1ccccc1C)C(=O)CN(c1cccc(Cl)c1)S(=O)(=O)c1ccc(OC)cc1. The molecule has 10 heteroatoms. The molecule has 1 N–H and O–H groups in total. The Morgan fingerprint density at radius 2 is 1.58 bits per heavy atom. The van der Waals surface area contributed by atoms with Gasteiger partial charge in [-0.3, -0.25) is 13.9 Å². The van der Waals surface area contributed by atoms with Crippen LogP contribution < -0.4 is 14.4 Å². The third-order valence-corrected chi connectivity index (χ3v) is 9.17. The van der Waals surface area contributed by atoms with Crippen molar-refractivity contribution in [2.75, 3.05) is 25.0 Å². The van der Waals surface area contributed by atoms with E-state index in [0.29, 0.717) is 10.8 Å². The summed E-state index contributed by atoms with van der Waals surface area (Å²) in [6.07, 6.45) is 0.237. The molecule has 0 aromatic heterocycles. The van der Waals surface area contributed by atoms with Crippen molar-refractivity contribution < 1.29 is 22.7 Å². The van der Waals surface area contributed by atoms with Gasteiger partial charge in [0.1, 0.15) is 18.3 Å². The van der Waals surface area contributed by atoms with E-state index in [9.17, 15) is 18.0 Å². The van der Waals surface area contributed by atoms with Crippen LogP contribution in [0.3, 0.4) is 0 Å². The predicted molar refractivity (Wildman–Crippen MR) is 169 cm³/mol. The van der Waals surface area contributed by atoms with Gasteiger partial charge < -0.3 is 15.0 Å². The van der Waals surface area contributed by atoms with Crippen LogP contribution in [-0.4, -0.2) is 51.9 Å². The van der Waals surface area contributed by atoms with Gasteiger partial charge in [0.15, 0.2) is 0 Å². The topological polar surface area (TPSA) is 96.0 Å². The minimum Gasteiger partial charge on any atom is -0.497 e. The second kappa shape index (κ2) is 14.2. The number of sulfonamides is 1. The summed E-state index contributed by atoms with van der Waals surface area (Å²) in [5.41, 5.74) is 2.85. The number of benzene rings is 4. The highest BCUT2D eigenvalue weighted by Crippen LogP contribution is 2.28. The summed E-state index contributed by atoms with van der Waals surface area (Å²) in [4.78, 5) is 29.1. The zero-order valence-electron chi connectivity index (χ0n) is 24.2. The molecule has 4 rings (SSSR count). The second-order valence-corrected chi connectivity index (χ2v) is 12.2. The Balaban J connectivity index is 1.79. The summed E-state index contributed by atoms with van der Waals surface area (Å²) in [5, 5.41) is 3.00. The van der Waals surface area contributed by atoms with Crippen LogP contribution in [0.4, 0.5) is 5.69 Å². The molecule has 0 heterocycles. The number of hydrogen-bond donors (Lipinski definition) is 1. The molecule has 0 aliphatic heterocycles. The standard InChI is InChI=1S/C33H34ClN3O5S/c1-24-10-7-8-13-26(24)22-36(31(33(39)35-2)20-25-11-5-4-6-12-25)32(38)23-37(28-15-9-14-27(34)21-28)43(40,41)30-18-16-29(42-3)17-19-30/h4-19,21,31H,20,22-23H2,1-3H3,(H,35,39)/t31-/m1/s1. The van der Waals surface area contributed by atoms with E-state index in [0.717, 1.165) is 21.0 Å². The normalized spacial score (nSPS) is 11.8. The number of nitrogens with one attached hydrogen (secondary N) is 1. The average molecular weight is 620 g/mol. The molecule has 0 aliphatic rings. The number of carbonyl (C=O) groups is 2. The molecule has 4 aromatic carbocycles. The molecular weight excluding hydrogens is 586 g/mol. The van der Waals surface area contributed by atoms with E-state index in [1.54, 1.807) is 18.2 Å². The van der Waals surface area contributed by atoms with Crippen LogP contribution >= 0.6 is 11.6 Å². The minimum absolute atomic E-state index is 0.0290. The van der Waals surface area contributed by atoms with Crippen molar-refractivity contribution in [2.24, 2.45) is 0 Å². The monoisotopic (exact) mass is 619 g/mol. The molecule has 8 nitrogen and oxygen atoms in total. The first-order valence-corrected chi connectivity index (χ1v) is 15.5. The van der Waals surface area contributed by atoms with E-state index in [-0.39, 0.29) is 29.5 Å². The van der Waals surface area contributed by atoms with E-state index in [2.05, 4.69) is 5.32 Å². The van der Waals surface area contributed by atoms with Crippen molar-refractivity contribution in [1.29, 1.82) is 0 Å². The summed E-state index contributed by atoms with van der Waals surface area (Å²) in [5.74, 6) is -0.425. The Kier molecular flexibility index (Phi) is 10.4. The molecule has 0 fully saturated rings. The maximum atomic E-state index is 14.3. The molecular formula is C33H34ClN3O5S. The number of carbonyl (C=O) groups excluding carboxylic acids is 2. The number of methoxy groups -OCH3 is 1. The Bertz CT molecular complexity index is 1660. The molecule has 4 aromatic rings. The number of aryl methyl sites for hydroxylation is 1. The van der Waals surface area contributed by atoms with Crippen LogP contribution in [0.2, 0.25) is 5.02 Å². The largest absolute Gasteiger partial charge is 0.497 e. The highest BCUT2D eigenvalue weighted by Gasteiger charge is 2.34. The lowest BCUT2D eigenvalue weighted by molar-refractivity contribution is -0.139. The van der Waals surface area contributed by atoms with Crippen LogP contribution in [0.15, 0.2) is 108 Å². The minimum atomic E-state index is -4.24. The first kappa shape index (κ1) is 31.6. The molecule has 43 heavy (non-hydrogen) atoms. The quantitative estimate of drug-likeness (QED) is 0.234. The van der Waals surface area contributed by atoms with Gasteiger partial charge in [0.05, 0.1) is 17.7 Å². The van der Waals surface area contributed by atoms with E-state index in [1.807, 2.05) is 61.5 Å². The summed E-state index contributed by atoms with van der Waals surface area (Å²) in [7, 11) is -1.24. The van der Waals surface area contributed by atoms with Gasteiger partial charge in [-0.05, 0) is 66.1 Å². The lowest BCUT2D eigenvalue weighted by atomic mass is 10.0. The summed E-state index contributed by atoms with van der Waals surface area (Å²) < 4.78 is 34.3. The van der Waals surface area contributed by atoms with E-state index in [4.69, 9.17) is 16.3 Å². The molecule has 0 radical (unpaired) electrons. The summed E-state index contributed by atoms with van der Waals surface area (Å²) >= 11 is 6.26. The Labute approximate surface area is 257 Å². The number of ether oxygens (including phenoxy) is 1. The third-order valence-electron chi connectivity index (χ3n) is 7.14. The third kappa shape index (κ3) is 7.74. The van der Waals surface area contributed by atoms with Gasteiger partial charge in [-0.2, -0.15) is 0 Å². The van der Waals surface area contributed by atoms with E-state index >= 15 is 0 Å². The summed E-state index contributed by atoms with van der Waals surface area (Å²) in [6.45, 7) is 1.46. The lowest BCUT2D eigenvalue weighted by Gasteiger charge is -2.34. The second-order valence-electron chi connectivity index (χ2n) is 9.93. The Hall–Kier alpha value is -4.34. The molecule has 1 atom stereocenters. The van der Waals surface area contributed by atoms with Gasteiger partial charge in [-0.15, -0.1) is 0 Å². The molecule has 0 bridgehead atoms. The number of hydrogen-bond acceptors (Lipinski definition) is 5. The highest BCUT2D eigenvalue weighted by atomic mass is 35.5. The first-order chi connectivity index (χ1) is 20.6. The fourth-order valence-corrected chi connectivity index (χ4v) is 6.32. The van der Waals surface area contributed by atoms with Crippen molar-refractivity contribution in [3.05, 3.63) is 125 Å². The number of likely N-dealkylation sites (N-methyl/N-ethyl adjacent to an activating group) is 1. The molecule has 0 spiro atoms. The maximum absolute atomic E-state index is 14.3. The first-order valence-electron chi connectivity index (χ1n) is 13.7. The Morgan fingerprint density at radius 3 is 2.21 bits per heavy atom. The zero-order chi connectivity index (χ0) is 31.0. The molecule has 0 saturated carbocycles. The smallest absolute Gasteiger partial charge is 0.264 e. The predicted octanol–water partition coefficient (Wildman–Crippen LogP) is 5.24. The van der Waals surface area contributed by atoms with Gasteiger partial charge in [-0.1, -0.05) is 72.3 Å². The van der Waals surface area contributed by atoms with Crippen molar-refractivity contribution in [2.45, 2.75) is 30.8 Å². The molecule has 0 saturated heterocycles. The summed E-state index contributed by atoms with van der Waals surface area (Å²) in [6, 6.07) is 28.3. The maximum Gasteiger partial charge on any atom is 0.264 e. The molecule has 0 unspecified atom stereocenters. The highest BCUT2D eigenvalue weighted by molar-refractivity contribution is 7.92. The van der Waals surface area contributed by atoms with Gasteiger partial charge in [-0.25, -0.2) is 8.42 Å². The van der Waals surface area contributed by atoms with Crippen molar-refractivity contribution in [3.8, 4) is 5.75 Å². The van der Waals surface area contributed by atoms with Crippen molar-refractivity contribution >= 4 is 39.1 Å². The van der Waals surface area contributed by atoms with Gasteiger partial charge in [0.25, 0.3) is 10.0 Å². The van der Waals surface area contributed by atoms with Crippen LogP contribution in [0, 0.1) is 6.92 Å². The number of halogens is 1. The zero-order valence-corrected chi connectivity index (χ0v) is 25.8. The number of rotatable bonds is 12. The molecule has 0 aliphatic carbocycles. The molecule has 224 valence electrons. The van der Waals surface area contributed by atoms with Gasteiger partial charge >= 0.3 is 0 Å². The fourth-order valence-electron chi connectivity index (χ4n) is 4.73. The van der Waals surface area contributed by atoms with Crippen LogP contribution in [0.25, 0.3) is 0 Å². The van der Waals surface area contributed by atoms with Crippen molar-refractivity contribution in [3.63, 3.8) is 0 Å². The number of amides is 2. The lowest BCUT2D eigenvalue weighted by Crippen LogP contribution is -2.53. The fraction of sp³-hybridized carbons (Fsp3) is 0.212. The van der Waals surface area contributed by atoms with Gasteiger partial charge in [0, 0.05) is 25.0 Å². The van der Waals surface area contributed by atoms with Crippen LogP contribution in [0.5, 0.6) is 5.75 Å². The number of anilines is 1.